The van der Waals surface area contributed by atoms with Gasteiger partial charge in [0.2, 0.25) is 5.91 Å². The van der Waals surface area contributed by atoms with Crippen LogP contribution in [0.4, 0.5) is 0 Å². The molecule has 1 N–H and O–H groups in total. The summed E-state index contributed by atoms with van der Waals surface area (Å²) in [6.07, 6.45) is 7.06. The van der Waals surface area contributed by atoms with E-state index in [9.17, 15) is 4.79 Å². The van der Waals surface area contributed by atoms with E-state index in [4.69, 9.17) is 4.74 Å². The van der Waals surface area contributed by atoms with Crippen molar-refractivity contribution >= 4 is 5.91 Å². The first-order valence-electron chi connectivity index (χ1n) is 7.52. The van der Waals surface area contributed by atoms with Crippen LogP contribution < -0.4 is 5.32 Å². The predicted octanol–water partition coefficient (Wildman–Crippen LogP) is 1.52. The molecule has 0 atom stereocenters. The fourth-order valence-corrected chi connectivity index (χ4v) is 2.67. The molecule has 0 saturated carbocycles. The second-order valence-electron chi connectivity index (χ2n) is 5.52. The summed E-state index contributed by atoms with van der Waals surface area (Å²) in [6, 6.07) is 3.87. The molecule has 3 heterocycles. The third-order valence-electron chi connectivity index (χ3n) is 3.91. The molecular formula is C16H20N4O2. The summed E-state index contributed by atoms with van der Waals surface area (Å²) in [6.45, 7) is 1.83. The van der Waals surface area contributed by atoms with Crippen molar-refractivity contribution in [2.24, 2.45) is 13.0 Å². The maximum atomic E-state index is 12.2. The first kappa shape index (κ1) is 14.7. The molecule has 6 nitrogen and oxygen atoms in total. The maximum absolute atomic E-state index is 12.2. The normalized spacial score (nSPS) is 15.7. The lowest BCUT2D eigenvalue weighted by Crippen LogP contribution is -2.34. The highest BCUT2D eigenvalue weighted by Crippen LogP contribution is 2.21. The topological polar surface area (TPSA) is 69.0 Å². The van der Waals surface area contributed by atoms with Gasteiger partial charge in [0, 0.05) is 50.7 Å². The minimum absolute atomic E-state index is 0.0623. The second-order valence-corrected chi connectivity index (χ2v) is 5.52. The van der Waals surface area contributed by atoms with E-state index in [-0.39, 0.29) is 11.8 Å². The third-order valence-corrected chi connectivity index (χ3v) is 3.91. The zero-order valence-electron chi connectivity index (χ0n) is 12.7. The molecule has 0 spiro atoms. The number of aryl methyl sites for hydroxylation is 1. The molecule has 2 aromatic rings. The van der Waals surface area contributed by atoms with Crippen molar-refractivity contribution in [1.29, 1.82) is 0 Å². The van der Waals surface area contributed by atoms with Gasteiger partial charge < -0.3 is 10.1 Å². The lowest BCUT2D eigenvalue weighted by atomic mass is 9.99. The van der Waals surface area contributed by atoms with Crippen molar-refractivity contribution in [1.82, 2.24) is 20.1 Å². The van der Waals surface area contributed by atoms with Crippen molar-refractivity contribution in [3.8, 4) is 11.3 Å². The van der Waals surface area contributed by atoms with E-state index in [1.54, 1.807) is 17.1 Å². The van der Waals surface area contributed by atoms with Crippen LogP contribution in [0.1, 0.15) is 18.4 Å². The summed E-state index contributed by atoms with van der Waals surface area (Å²) < 4.78 is 7.04. The van der Waals surface area contributed by atoms with E-state index in [0.29, 0.717) is 19.8 Å². The number of carbonyl (C=O) groups is 1. The smallest absolute Gasteiger partial charge is 0.223 e. The summed E-state index contributed by atoms with van der Waals surface area (Å²) >= 11 is 0. The molecule has 1 saturated heterocycles. The van der Waals surface area contributed by atoms with Gasteiger partial charge in [-0.2, -0.15) is 5.10 Å². The van der Waals surface area contributed by atoms with Gasteiger partial charge in [0.15, 0.2) is 0 Å². The Morgan fingerprint density at radius 1 is 1.45 bits per heavy atom. The monoisotopic (exact) mass is 300 g/mol. The zero-order chi connectivity index (χ0) is 15.4. The summed E-state index contributed by atoms with van der Waals surface area (Å²) in [4.78, 5) is 16.6. The summed E-state index contributed by atoms with van der Waals surface area (Å²) in [7, 11) is 1.87. The van der Waals surface area contributed by atoms with Gasteiger partial charge >= 0.3 is 0 Å². The van der Waals surface area contributed by atoms with Crippen LogP contribution in [0, 0.1) is 5.92 Å². The molecule has 0 aliphatic carbocycles. The van der Waals surface area contributed by atoms with Crippen molar-refractivity contribution in [3.63, 3.8) is 0 Å². The van der Waals surface area contributed by atoms with E-state index in [1.165, 1.54) is 0 Å². The number of amides is 1. The highest BCUT2D eigenvalue weighted by molar-refractivity contribution is 5.79. The van der Waals surface area contributed by atoms with Crippen molar-refractivity contribution in [2.75, 3.05) is 13.2 Å². The molecule has 0 aromatic carbocycles. The van der Waals surface area contributed by atoms with E-state index in [2.05, 4.69) is 15.4 Å². The summed E-state index contributed by atoms with van der Waals surface area (Å²) in [5, 5.41) is 7.20. The number of pyridine rings is 1. The Bertz CT molecular complexity index is 647. The van der Waals surface area contributed by atoms with Crippen molar-refractivity contribution in [2.45, 2.75) is 19.4 Å². The number of aromatic nitrogens is 3. The third kappa shape index (κ3) is 3.33. The van der Waals surface area contributed by atoms with E-state index in [1.807, 2.05) is 25.4 Å². The molecule has 116 valence electrons. The lowest BCUT2D eigenvalue weighted by molar-refractivity contribution is -0.128. The second kappa shape index (κ2) is 6.70. The molecule has 0 radical (unpaired) electrons. The van der Waals surface area contributed by atoms with Crippen LogP contribution in [0.15, 0.2) is 30.7 Å². The molecule has 1 aliphatic heterocycles. The number of hydrogen-bond acceptors (Lipinski definition) is 4. The molecule has 2 aromatic heterocycles. The zero-order valence-corrected chi connectivity index (χ0v) is 12.7. The molecule has 1 aliphatic rings. The predicted molar refractivity (Wildman–Crippen MR) is 81.8 cm³/mol. The van der Waals surface area contributed by atoms with Gasteiger partial charge in [-0.1, -0.05) is 6.07 Å². The van der Waals surface area contributed by atoms with Gasteiger partial charge in [0.1, 0.15) is 0 Å². The summed E-state index contributed by atoms with van der Waals surface area (Å²) in [5.41, 5.74) is 2.82. The molecule has 0 bridgehead atoms. The number of hydrogen-bond donors (Lipinski definition) is 1. The molecule has 1 amide bonds. The molecular weight excluding hydrogens is 280 g/mol. The number of nitrogens with zero attached hydrogens (tertiary/aromatic N) is 3. The highest BCUT2D eigenvalue weighted by Gasteiger charge is 2.21. The highest BCUT2D eigenvalue weighted by atomic mass is 16.5. The number of nitrogens with one attached hydrogen (secondary N) is 1. The van der Waals surface area contributed by atoms with Crippen molar-refractivity contribution in [3.05, 3.63) is 36.3 Å². The largest absolute Gasteiger partial charge is 0.381 e. The van der Waals surface area contributed by atoms with Crippen LogP contribution >= 0.6 is 0 Å². The minimum atomic E-state index is 0.0623. The van der Waals surface area contributed by atoms with Crippen LogP contribution in [-0.2, 0) is 23.1 Å². The molecule has 6 heteroatoms. The van der Waals surface area contributed by atoms with Gasteiger partial charge in [-0.15, -0.1) is 0 Å². The van der Waals surface area contributed by atoms with E-state index >= 15 is 0 Å². The van der Waals surface area contributed by atoms with Crippen LogP contribution in [0.25, 0.3) is 11.3 Å². The standard InChI is InChI=1S/C16H20N4O2/c1-20-11-14(10-19-20)15-13(3-2-6-17-15)9-18-16(21)12-4-7-22-8-5-12/h2-3,6,10-12H,4-5,7-9H2,1H3,(H,18,21). The molecule has 1 fully saturated rings. The Hall–Kier alpha value is -2.21. The van der Waals surface area contributed by atoms with Gasteiger partial charge in [-0.05, 0) is 24.5 Å². The lowest BCUT2D eigenvalue weighted by Gasteiger charge is -2.21. The molecule has 0 unspecified atom stereocenters. The van der Waals surface area contributed by atoms with Gasteiger partial charge in [-0.25, -0.2) is 0 Å². The maximum Gasteiger partial charge on any atom is 0.223 e. The van der Waals surface area contributed by atoms with Gasteiger partial charge in [-0.3, -0.25) is 14.5 Å². The quantitative estimate of drug-likeness (QED) is 0.929. The van der Waals surface area contributed by atoms with Crippen LogP contribution in [0.2, 0.25) is 0 Å². The van der Waals surface area contributed by atoms with Crippen LogP contribution in [0.5, 0.6) is 0 Å². The SMILES string of the molecule is Cn1cc(-c2ncccc2CNC(=O)C2CCOCC2)cn1. The molecule has 3 rings (SSSR count). The minimum Gasteiger partial charge on any atom is -0.381 e. The Morgan fingerprint density at radius 2 is 2.27 bits per heavy atom. The Balaban J connectivity index is 1.69. The number of rotatable bonds is 4. The Labute approximate surface area is 129 Å². The van der Waals surface area contributed by atoms with Gasteiger partial charge in [0.25, 0.3) is 0 Å². The molecule has 22 heavy (non-hydrogen) atoms. The fraction of sp³-hybridized carbons (Fsp3) is 0.438. The average molecular weight is 300 g/mol. The number of ether oxygens (including phenoxy) is 1. The van der Waals surface area contributed by atoms with E-state index < -0.39 is 0 Å². The average Bonchev–Trinajstić information content (AvgIpc) is 3.00. The fourth-order valence-electron chi connectivity index (χ4n) is 2.67. The van der Waals surface area contributed by atoms with Crippen molar-refractivity contribution < 1.29 is 9.53 Å². The first-order chi connectivity index (χ1) is 10.7. The van der Waals surface area contributed by atoms with E-state index in [0.717, 1.165) is 29.7 Å². The first-order valence-corrected chi connectivity index (χ1v) is 7.52. The van der Waals surface area contributed by atoms with Gasteiger partial charge in [0.05, 0.1) is 11.9 Å². The number of carbonyl (C=O) groups excluding carboxylic acids is 1. The Kier molecular flexibility index (Phi) is 4.48. The summed E-state index contributed by atoms with van der Waals surface area (Å²) in [5.74, 6) is 0.163. The van der Waals surface area contributed by atoms with Crippen LogP contribution in [0.3, 0.4) is 0 Å². The van der Waals surface area contributed by atoms with Crippen LogP contribution in [-0.4, -0.2) is 33.9 Å². The Morgan fingerprint density at radius 3 is 3.00 bits per heavy atom.